The summed E-state index contributed by atoms with van der Waals surface area (Å²) in [7, 11) is 0. The van der Waals surface area contributed by atoms with Gasteiger partial charge in [-0.05, 0) is 25.5 Å². The summed E-state index contributed by atoms with van der Waals surface area (Å²) in [5.74, 6) is 0. The second-order valence-corrected chi connectivity index (χ2v) is 4.27. The molecule has 0 bridgehead atoms. The molecule has 0 unspecified atom stereocenters. The number of imidazole rings is 1. The van der Waals surface area contributed by atoms with Crippen molar-refractivity contribution >= 4 is 5.65 Å². The molecule has 3 rings (SSSR count). The molecule has 0 amide bonds. The van der Waals surface area contributed by atoms with Crippen LogP contribution in [0.25, 0.3) is 16.9 Å². The van der Waals surface area contributed by atoms with Gasteiger partial charge in [0.15, 0.2) is 5.65 Å². The molecule has 3 heteroatoms. The number of benzene rings is 1. The lowest BCUT2D eigenvalue weighted by atomic mass is 10.0. The van der Waals surface area contributed by atoms with Crippen molar-refractivity contribution in [1.29, 1.82) is 0 Å². The molecular weight excluding hydrogens is 210 g/mol. The minimum Gasteiger partial charge on any atom is -0.297 e. The Labute approximate surface area is 99.8 Å². The van der Waals surface area contributed by atoms with Crippen LogP contribution in [0.5, 0.6) is 0 Å². The third-order valence-corrected chi connectivity index (χ3v) is 2.99. The first-order valence-corrected chi connectivity index (χ1v) is 5.60. The van der Waals surface area contributed by atoms with Gasteiger partial charge in [0.05, 0.1) is 18.1 Å². The van der Waals surface area contributed by atoms with Crippen LogP contribution in [0.15, 0.2) is 43.0 Å². The zero-order valence-electron chi connectivity index (χ0n) is 9.88. The van der Waals surface area contributed by atoms with Crippen LogP contribution in [0, 0.1) is 13.8 Å². The van der Waals surface area contributed by atoms with Crippen molar-refractivity contribution in [3.05, 3.63) is 54.1 Å². The molecule has 2 aromatic heterocycles. The Hall–Kier alpha value is -2.16. The molecular formula is C14H13N3. The van der Waals surface area contributed by atoms with E-state index in [4.69, 9.17) is 0 Å². The van der Waals surface area contributed by atoms with Gasteiger partial charge in [-0.25, -0.2) is 4.98 Å². The van der Waals surface area contributed by atoms with Crippen LogP contribution in [-0.2, 0) is 0 Å². The van der Waals surface area contributed by atoms with Crippen LogP contribution in [0.2, 0.25) is 0 Å². The largest absolute Gasteiger partial charge is 0.297 e. The zero-order valence-corrected chi connectivity index (χ0v) is 9.88. The van der Waals surface area contributed by atoms with Gasteiger partial charge in [-0.2, -0.15) is 0 Å². The van der Waals surface area contributed by atoms with E-state index in [-0.39, 0.29) is 0 Å². The molecule has 84 valence electrons. The molecule has 3 aromatic rings. The average Bonchev–Trinajstić information content (AvgIpc) is 2.76. The van der Waals surface area contributed by atoms with E-state index in [1.807, 2.05) is 12.4 Å². The summed E-state index contributed by atoms with van der Waals surface area (Å²) in [5, 5.41) is 0. The predicted molar refractivity (Wildman–Crippen MR) is 67.9 cm³/mol. The Morgan fingerprint density at radius 2 is 2.00 bits per heavy atom. The molecule has 0 aliphatic carbocycles. The number of nitrogens with zero attached hydrogens (tertiary/aromatic N) is 3. The maximum Gasteiger partial charge on any atom is 0.155 e. The molecule has 3 nitrogen and oxygen atoms in total. The van der Waals surface area contributed by atoms with Gasteiger partial charge in [-0.3, -0.25) is 9.38 Å². The lowest BCUT2D eigenvalue weighted by molar-refractivity contribution is 1.13. The topological polar surface area (TPSA) is 30.2 Å². The summed E-state index contributed by atoms with van der Waals surface area (Å²) < 4.78 is 2.06. The van der Waals surface area contributed by atoms with Gasteiger partial charge in [0.2, 0.25) is 0 Å². The van der Waals surface area contributed by atoms with Crippen molar-refractivity contribution in [1.82, 2.24) is 14.4 Å². The minimum atomic E-state index is 0.878. The normalized spacial score (nSPS) is 10.9. The van der Waals surface area contributed by atoms with Crippen molar-refractivity contribution in [2.75, 3.05) is 0 Å². The van der Waals surface area contributed by atoms with E-state index in [0.717, 1.165) is 11.3 Å². The van der Waals surface area contributed by atoms with Crippen molar-refractivity contribution in [3.63, 3.8) is 0 Å². The lowest BCUT2D eigenvalue weighted by Gasteiger charge is -2.06. The van der Waals surface area contributed by atoms with Crippen molar-refractivity contribution in [3.8, 4) is 11.3 Å². The summed E-state index contributed by atoms with van der Waals surface area (Å²) in [6.07, 6.45) is 7.40. The second kappa shape index (κ2) is 3.70. The van der Waals surface area contributed by atoms with Gasteiger partial charge in [0.1, 0.15) is 0 Å². The SMILES string of the molecule is Cc1ccc(C)c(-c2cnc3cnccn23)c1. The molecule has 1 aromatic carbocycles. The highest BCUT2D eigenvalue weighted by Crippen LogP contribution is 2.24. The number of hydrogen-bond donors (Lipinski definition) is 0. The fourth-order valence-electron chi connectivity index (χ4n) is 2.05. The molecule has 0 saturated carbocycles. The molecule has 0 spiro atoms. The smallest absolute Gasteiger partial charge is 0.155 e. The first-order chi connectivity index (χ1) is 8.25. The number of fused-ring (bicyclic) bond motifs is 1. The Morgan fingerprint density at radius 1 is 1.12 bits per heavy atom. The standard InChI is InChI=1S/C14H13N3/c1-10-3-4-11(2)12(7-10)13-8-16-14-9-15-5-6-17(13)14/h3-9H,1-2H3. The van der Waals surface area contributed by atoms with E-state index in [2.05, 4.69) is 46.4 Å². The van der Waals surface area contributed by atoms with E-state index in [1.54, 1.807) is 12.4 Å². The number of rotatable bonds is 1. The number of aromatic nitrogens is 3. The van der Waals surface area contributed by atoms with Gasteiger partial charge in [0, 0.05) is 18.0 Å². The molecule has 17 heavy (non-hydrogen) atoms. The molecule has 0 fully saturated rings. The molecule has 0 saturated heterocycles. The number of hydrogen-bond acceptors (Lipinski definition) is 2. The molecule has 0 aliphatic rings. The first-order valence-electron chi connectivity index (χ1n) is 5.60. The Bertz CT molecular complexity index is 683. The first kappa shape index (κ1) is 10.0. The highest BCUT2D eigenvalue weighted by atomic mass is 15.0. The number of aryl methyl sites for hydroxylation is 2. The zero-order chi connectivity index (χ0) is 11.8. The van der Waals surface area contributed by atoms with Crippen LogP contribution in [0.4, 0.5) is 0 Å². The van der Waals surface area contributed by atoms with Crippen molar-refractivity contribution in [2.24, 2.45) is 0 Å². The van der Waals surface area contributed by atoms with Crippen molar-refractivity contribution < 1.29 is 0 Å². The predicted octanol–water partition coefficient (Wildman–Crippen LogP) is 3.01. The fraction of sp³-hybridized carbons (Fsp3) is 0.143. The average molecular weight is 223 g/mol. The monoisotopic (exact) mass is 223 g/mol. The lowest BCUT2D eigenvalue weighted by Crippen LogP contribution is -1.91. The quantitative estimate of drug-likeness (QED) is 0.634. The molecule has 0 atom stereocenters. The second-order valence-electron chi connectivity index (χ2n) is 4.27. The summed E-state index contributed by atoms with van der Waals surface area (Å²) in [6, 6.07) is 6.47. The third-order valence-electron chi connectivity index (χ3n) is 2.99. The van der Waals surface area contributed by atoms with Gasteiger partial charge in [-0.15, -0.1) is 0 Å². The van der Waals surface area contributed by atoms with Gasteiger partial charge < -0.3 is 0 Å². The van der Waals surface area contributed by atoms with E-state index in [0.29, 0.717) is 0 Å². The minimum absolute atomic E-state index is 0.878. The van der Waals surface area contributed by atoms with Crippen molar-refractivity contribution in [2.45, 2.75) is 13.8 Å². The Kier molecular flexibility index (Phi) is 2.18. The van der Waals surface area contributed by atoms with Crippen LogP contribution >= 0.6 is 0 Å². The van der Waals surface area contributed by atoms with Crippen LogP contribution < -0.4 is 0 Å². The summed E-state index contributed by atoms with van der Waals surface area (Å²) in [5.41, 5.74) is 5.74. The Balaban J connectivity index is 2.31. The maximum atomic E-state index is 4.37. The van der Waals surface area contributed by atoms with Gasteiger partial charge in [0.25, 0.3) is 0 Å². The molecule has 0 N–H and O–H groups in total. The highest BCUT2D eigenvalue weighted by molar-refractivity contribution is 5.67. The summed E-state index contributed by atoms with van der Waals surface area (Å²) in [6.45, 7) is 4.23. The summed E-state index contributed by atoms with van der Waals surface area (Å²) >= 11 is 0. The molecule has 0 radical (unpaired) electrons. The van der Waals surface area contributed by atoms with Crippen LogP contribution in [0.3, 0.4) is 0 Å². The van der Waals surface area contributed by atoms with Crippen LogP contribution in [0.1, 0.15) is 11.1 Å². The van der Waals surface area contributed by atoms with E-state index in [9.17, 15) is 0 Å². The van der Waals surface area contributed by atoms with Crippen LogP contribution in [-0.4, -0.2) is 14.4 Å². The van der Waals surface area contributed by atoms with E-state index in [1.165, 1.54) is 16.7 Å². The molecule has 0 aliphatic heterocycles. The summed E-state index contributed by atoms with van der Waals surface area (Å²) in [4.78, 5) is 8.44. The van der Waals surface area contributed by atoms with Gasteiger partial charge in [-0.1, -0.05) is 17.7 Å². The van der Waals surface area contributed by atoms with E-state index < -0.39 is 0 Å². The Morgan fingerprint density at radius 3 is 2.88 bits per heavy atom. The molecule has 2 heterocycles. The van der Waals surface area contributed by atoms with E-state index >= 15 is 0 Å². The fourth-order valence-corrected chi connectivity index (χ4v) is 2.05. The third kappa shape index (κ3) is 1.60. The maximum absolute atomic E-state index is 4.37. The van der Waals surface area contributed by atoms with Gasteiger partial charge >= 0.3 is 0 Å². The highest BCUT2D eigenvalue weighted by Gasteiger charge is 2.08.